The lowest BCUT2D eigenvalue weighted by molar-refractivity contribution is 0.0526. The number of carbonyl (C=O) groups is 2. The number of hydrogen-bond donors (Lipinski definition) is 2. The molecule has 27 heavy (non-hydrogen) atoms. The van der Waals surface area contributed by atoms with Gasteiger partial charge in [0.05, 0.1) is 12.2 Å². The van der Waals surface area contributed by atoms with Crippen molar-refractivity contribution >= 4 is 23.4 Å². The summed E-state index contributed by atoms with van der Waals surface area (Å²) in [5.41, 5.74) is 2.23. The summed E-state index contributed by atoms with van der Waals surface area (Å²) in [6.45, 7) is 3.74. The maximum atomic E-state index is 12.2. The van der Waals surface area contributed by atoms with Gasteiger partial charge in [0.2, 0.25) is 11.7 Å². The molecule has 138 valence electrons. The van der Waals surface area contributed by atoms with Gasteiger partial charge in [-0.05, 0) is 49.4 Å². The molecule has 0 radical (unpaired) electrons. The second-order valence-corrected chi connectivity index (χ2v) is 5.59. The van der Waals surface area contributed by atoms with Crippen molar-refractivity contribution in [3.8, 4) is 11.4 Å². The van der Waals surface area contributed by atoms with Gasteiger partial charge in [-0.1, -0.05) is 11.2 Å². The highest BCUT2D eigenvalue weighted by atomic mass is 16.5. The van der Waals surface area contributed by atoms with Crippen molar-refractivity contribution in [2.45, 2.75) is 13.8 Å². The van der Waals surface area contributed by atoms with Crippen LogP contribution in [0, 0.1) is 6.92 Å². The van der Waals surface area contributed by atoms with Crippen LogP contribution in [-0.2, 0) is 4.74 Å². The molecule has 8 nitrogen and oxygen atoms in total. The van der Waals surface area contributed by atoms with Crippen LogP contribution in [0.1, 0.15) is 23.2 Å². The van der Waals surface area contributed by atoms with Crippen LogP contribution in [0.2, 0.25) is 0 Å². The Bertz CT molecular complexity index is 950. The maximum Gasteiger partial charge on any atom is 0.338 e. The first-order chi connectivity index (χ1) is 13.0. The molecular weight excluding hydrogens is 348 g/mol. The fraction of sp³-hybridized carbons (Fsp3) is 0.158. The number of urea groups is 1. The highest BCUT2D eigenvalue weighted by Crippen LogP contribution is 2.19. The van der Waals surface area contributed by atoms with Gasteiger partial charge in [-0.3, -0.25) is 0 Å². The molecule has 0 spiro atoms. The van der Waals surface area contributed by atoms with Gasteiger partial charge in [0.1, 0.15) is 0 Å². The molecule has 8 heteroatoms. The molecule has 3 rings (SSSR count). The zero-order valence-corrected chi connectivity index (χ0v) is 14.9. The molecule has 1 heterocycles. The predicted molar refractivity (Wildman–Crippen MR) is 99.5 cm³/mol. The van der Waals surface area contributed by atoms with Crippen LogP contribution in [0.5, 0.6) is 0 Å². The lowest BCUT2D eigenvalue weighted by Gasteiger charge is -2.09. The summed E-state index contributed by atoms with van der Waals surface area (Å²) >= 11 is 0. The molecule has 0 aliphatic carbocycles. The quantitative estimate of drug-likeness (QED) is 0.664. The van der Waals surface area contributed by atoms with E-state index in [0.29, 0.717) is 28.7 Å². The normalized spacial score (nSPS) is 10.3. The van der Waals surface area contributed by atoms with Gasteiger partial charge in [-0.2, -0.15) is 4.98 Å². The third-order valence-electron chi connectivity index (χ3n) is 3.56. The molecule has 3 aromatic rings. The van der Waals surface area contributed by atoms with Crippen LogP contribution < -0.4 is 10.6 Å². The zero-order valence-electron chi connectivity index (χ0n) is 14.9. The average molecular weight is 366 g/mol. The van der Waals surface area contributed by atoms with E-state index in [9.17, 15) is 9.59 Å². The Hall–Kier alpha value is -3.68. The highest BCUT2D eigenvalue weighted by Gasteiger charge is 2.09. The zero-order chi connectivity index (χ0) is 19.2. The van der Waals surface area contributed by atoms with E-state index in [-0.39, 0.29) is 6.61 Å². The summed E-state index contributed by atoms with van der Waals surface area (Å²) in [5, 5.41) is 9.24. The Balaban J connectivity index is 1.62. The van der Waals surface area contributed by atoms with Crippen LogP contribution >= 0.6 is 0 Å². The van der Waals surface area contributed by atoms with Gasteiger partial charge in [0.15, 0.2) is 0 Å². The van der Waals surface area contributed by atoms with E-state index < -0.39 is 12.0 Å². The highest BCUT2D eigenvalue weighted by molar-refractivity contribution is 6.00. The van der Waals surface area contributed by atoms with Crippen molar-refractivity contribution in [3.63, 3.8) is 0 Å². The van der Waals surface area contributed by atoms with Crippen molar-refractivity contribution < 1.29 is 18.8 Å². The number of carbonyl (C=O) groups excluding carboxylic acids is 2. The molecule has 0 saturated heterocycles. The topological polar surface area (TPSA) is 106 Å². The Morgan fingerprint density at radius 2 is 1.81 bits per heavy atom. The van der Waals surface area contributed by atoms with Crippen LogP contribution in [-0.4, -0.2) is 28.7 Å². The van der Waals surface area contributed by atoms with Crippen LogP contribution in [0.3, 0.4) is 0 Å². The van der Waals surface area contributed by atoms with Crippen molar-refractivity contribution in [1.29, 1.82) is 0 Å². The van der Waals surface area contributed by atoms with E-state index in [1.54, 1.807) is 62.4 Å². The molecule has 2 amide bonds. The number of anilines is 2. The van der Waals surface area contributed by atoms with Crippen molar-refractivity contribution in [1.82, 2.24) is 10.1 Å². The molecule has 0 fully saturated rings. The third-order valence-corrected chi connectivity index (χ3v) is 3.56. The number of esters is 1. The van der Waals surface area contributed by atoms with E-state index in [4.69, 9.17) is 9.26 Å². The number of benzene rings is 2. The molecule has 2 aromatic carbocycles. The summed E-state index contributed by atoms with van der Waals surface area (Å²) < 4.78 is 9.90. The van der Waals surface area contributed by atoms with E-state index in [1.807, 2.05) is 0 Å². The van der Waals surface area contributed by atoms with Crippen LogP contribution in [0.25, 0.3) is 11.4 Å². The Morgan fingerprint density at radius 1 is 1.07 bits per heavy atom. The summed E-state index contributed by atoms with van der Waals surface area (Å²) in [7, 11) is 0. The number of aromatic nitrogens is 2. The molecule has 0 bridgehead atoms. The van der Waals surface area contributed by atoms with Crippen molar-refractivity contribution in [2.24, 2.45) is 0 Å². The van der Waals surface area contributed by atoms with Gasteiger partial charge >= 0.3 is 12.0 Å². The number of aryl methyl sites for hydroxylation is 1. The first-order valence-electron chi connectivity index (χ1n) is 8.31. The summed E-state index contributed by atoms with van der Waals surface area (Å²) in [6, 6.07) is 13.1. The number of nitrogens with one attached hydrogen (secondary N) is 2. The summed E-state index contributed by atoms with van der Waals surface area (Å²) in [6.07, 6.45) is 0. The second-order valence-electron chi connectivity index (χ2n) is 5.59. The molecule has 1 aromatic heterocycles. The van der Waals surface area contributed by atoms with E-state index in [2.05, 4.69) is 20.8 Å². The Kier molecular flexibility index (Phi) is 5.46. The average Bonchev–Trinajstić information content (AvgIpc) is 3.09. The van der Waals surface area contributed by atoms with Crippen LogP contribution in [0.15, 0.2) is 53.1 Å². The fourth-order valence-corrected chi connectivity index (χ4v) is 2.35. The molecule has 0 saturated carbocycles. The number of hydrogen-bond acceptors (Lipinski definition) is 6. The Morgan fingerprint density at radius 3 is 2.48 bits per heavy atom. The van der Waals surface area contributed by atoms with Crippen molar-refractivity contribution in [3.05, 3.63) is 60.0 Å². The smallest absolute Gasteiger partial charge is 0.338 e. The molecular formula is C19H18N4O4. The first kappa shape index (κ1) is 18.1. The predicted octanol–water partition coefficient (Wildman–Crippen LogP) is 3.87. The standard InChI is InChI=1S/C19H18N4O4/c1-3-26-18(24)14-5-4-6-16(11-14)22-19(25)21-15-9-7-13(8-10-15)17-20-12(2)27-23-17/h4-11H,3H2,1-2H3,(H2,21,22,25). The van der Waals surface area contributed by atoms with Gasteiger partial charge in [-0.15, -0.1) is 0 Å². The molecule has 0 aliphatic rings. The third kappa shape index (κ3) is 4.69. The minimum atomic E-state index is -0.436. The Labute approximate surface area is 155 Å². The van der Waals surface area contributed by atoms with Crippen molar-refractivity contribution in [2.75, 3.05) is 17.2 Å². The number of amides is 2. The second kappa shape index (κ2) is 8.13. The summed E-state index contributed by atoms with van der Waals surface area (Å²) in [4.78, 5) is 28.1. The monoisotopic (exact) mass is 366 g/mol. The lowest BCUT2D eigenvalue weighted by Crippen LogP contribution is -2.19. The molecule has 0 unspecified atom stereocenters. The van der Waals surface area contributed by atoms with E-state index in [1.165, 1.54) is 0 Å². The lowest BCUT2D eigenvalue weighted by atomic mass is 10.2. The fourth-order valence-electron chi connectivity index (χ4n) is 2.35. The maximum absolute atomic E-state index is 12.2. The van der Waals surface area contributed by atoms with E-state index >= 15 is 0 Å². The minimum absolute atomic E-state index is 0.288. The SMILES string of the molecule is CCOC(=O)c1cccc(NC(=O)Nc2ccc(-c3noc(C)n3)cc2)c1. The first-order valence-corrected chi connectivity index (χ1v) is 8.31. The van der Waals surface area contributed by atoms with Gasteiger partial charge in [0.25, 0.3) is 0 Å². The van der Waals surface area contributed by atoms with E-state index in [0.717, 1.165) is 5.56 Å². The molecule has 2 N–H and O–H groups in total. The molecule has 0 aliphatic heterocycles. The van der Waals surface area contributed by atoms with Gasteiger partial charge in [0, 0.05) is 23.9 Å². The molecule has 0 atom stereocenters. The minimum Gasteiger partial charge on any atom is -0.462 e. The van der Waals surface area contributed by atoms with Gasteiger partial charge < -0.3 is 19.9 Å². The number of nitrogens with zero attached hydrogens (tertiary/aromatic N) is 2. The summed E-state index contributed by atoms with van der Waals surface area (Å²) in [5.74, 6) is 0.532. The largest absolute Gasteiger partial charge is 0.462 e. The number of rotatable bonds is 5. The van der Waals surface area contributed by atoms with Gasteiger partial charge in [-0.25, -0.2) is 9.59 Å². The number of ether oxygens (including phenoxy) is 1. The van der Waals surface area contributed by atoms with Crippen LogP contribution in [0.4, 0.5) is 16.2 Å².